The van der Waals surface area contributed by atoms with E-state index in [-0.39, 0.29) is 11.9 Å². The third kappa shape index (κ3) is 5.29. The molecule has 0 bridgehead atoms. The number of carbonyl (C=O) groups is 2. The van der Waals surface area contributed by atoms with Crippen molar-refractivity contribution >= 4 is 29.0 Å². The van der Waals surface area contributed by atoms with Crippen LogP contribution in [0.25, 0.3) is 0 Å². The maximum Gasteiger partial charge on any atom is 0.319 e. The maximum atomic E-state index is 12.7. The molecule has 2 N–H and O–H groups in total. The van der Waals surface area contributed by atoms with E-state index < -0.39 is 0 Å². The van der Waals surface area contributed by atoms with Crippen LogP contribution in [0.3, 0.4) is 0 Å². The molecular weight excluding hydrogens is 360 g/mol. The third-order valence-electron chi connectivity index (χ3n) is 4.67. The van der Waals surface area contributed by atoms with Gasteiger partial charge in [-0.25, -0.2) is 9.78 Å². The maximum absolute atomic E-state index is 12.7. The van der Waals surface area contributed by atoms with E-state index in [1.54, 1.807) is 35.6 Å². The summed E-state index contributed by atoms with van der Waals surface area (Å²) in [5, 5.41) is 6.65. The van der Waals surface area contributed by atoms with Crippen LogP contribution in [0.5, 0.6) is 0 Å². The van der Waals surface area contributed by atoms with Crippen LogP contribution < -0.4 is 10.6 Å². The number of carbonyl (C=O) groups excluding carboxylic acids is 2. The first-order chi connectivity index (χ1) is 13.0. The summed E-state index contributed by atoms with van der Waals surface area (Å²) < 4.78 is 0. The molecule has 1 aromatic carbocycles. The molecule has 0 unspecified atom stereocenters. The summed E-state index contributed by atoms with van der Waals surface area (Å²) in [5.74, 6) is 0.0386. The van der Waals surface area contributed by atoms with Crippen molar-refractivity contribution in [3.05, 3.63) is 45.4 Å². The Morgan fingerprint density at radius 2 is 1.89 bits per heavy atom. The number of benzene rings is 1. The van der Waals surface area contributed by atoms with E-state index in [2.05, 4.69) is 15.6 Å². The first kappa shape index (κ1) is 19.4. The van der Waals surface area contributed by atoms with E-state index in [9.17, 15) is 9.59 Å². The van der Waals surface area contributed by atoms with E-state index in [4.69, 9.17) is 0 Å². The zero-order chi connectivity index (χ0) is 19.2. The Morgan fingerprint density at radius 1 is 1.15 bits per heavy atom. The highest BCUT2D eigenvalue weighted by Gasteiger charge is 2.17. The lowest BCUT2D eigenvalue weighted by Gasteiger charge is -2.20. The number of amides is 3. The highest BCUT2D eigenvalue weighted by molar-refractivity contribution is 7.11. The molecule has 2 aromatic rings. The number of rotatable bonds is 4. The summed E-state index contributed by atoms with van der Waals surface area (Å²) >= 11 is 1.58. The molecule has 1 saturated heterocycles. The summed E-state index contributed by atoms with van der Waals surface area (Å²) in [4.78, 5) is 32.3. The molecule has 6 nitrogen and oxygen atoms in total. The third-order valence-corrected chi connectivity index (χ3v) is 5.74. The monoisotopic (exact) mass is 386 g/mol. The number of urea groups is 1. The molecule has 1 fully saturated rings. The normalized spacial score (nSPS) is 14.5. The second-order valence-corrected chi connectivity index (χ2v) is 8.12. The number of aromatic nitrogens is 1. The predicted molar refractivity (Wildman–Crippen MR) is 108 cm³/mol. The molecule has 27 heavy (non-hydrogen) atoms. The first-order valence-corrected chi connectivity index (χ1v) is 10.2. The van der Waals surface area contributed by atoms with E-state index >= 15 is 0 Å². The minimum absolute atomic E-state index is 0.0386. The minimum atomic E-state index is -0.292. The van der Waals surface area contributed by atoms with Gasteiger partial charge >= 0.3 is 6.03 Å². The van der Waals surface area contributed by atoms with Crippen molar-refractivity contribution in [2.24, 2.45) is 0 Å². The molecule has 0 spiro atoms. The fourth-order valence-electron chi connectivity index (χ4n) is 3.26. The largest absolute Gasteiger partial charge is 0.339 e. The van der Waals surface area contributed by atoms with Crippen LogP contribution in [0, 0.1) is 13.8 Å². The van der Waals surface area contributed by atoms with Crippen LogP contribution in [-0.4, -0.2) is 34.9 Å². The number of nitrogens with one attached hydrogen (secondary N) is 2. The molecule has 0 radical (unpaired) electrons. The zero-order valence-corrected chi connectivity index (χ0v) is 16.7. The van der Waals surface area contributed by atoms with Crippen LogP contribution in [-0.2, 0) is 6.54 Å². The fourth-order valence-corrected chi connectivity index (χ4v) is 4.14. The van der Waals surface area contributed by atoms with E-state index in [1.165, 1.54) is 12.8 Å². The Bertz CT molecular complexity index is 810. The van der Waals surface area contributed by atoms with Gasteiger partial charge in [0.05, 0.1) is 17.2 Å². The SMILES string of the molecule is Cc1nc(C)c(CNC(=O)Nc2cccc(C(=O)N3CCCCCC3)c2)s1. The Labute approximate surface area is 164 Å². The van der Waals surface area contributed by atoms with Gasteiger partial charge < -0.3 is 15.5 Å². The number of nitrogens with zero attached hydrogens (tertiary/aromatic N) is 2. The van der Waals surface area contributed by atoms with Crippen molar-refractivity contribution in [2.45, 2.75) is 46.1 Å². The highest BCUT2D eigenvalue weighted by Crippen LogP contribution is 2.18. The molecule has 1 aromatic heterocycles. The second-order valence-electron chi connectivity index (χ2n) is 6.84. The number of likely N-dealkylation sites (tertiary alicyclic amines) is 1. The topological polar surface area (TPSA) is 74.3 Å². The van der Waals surface area contributed by atoms with Gasteiger partial charge in [0.2, 0.25) is 0 Å². The Morgan fingerprint density at radius 3 is 2.56 bits per heavy atom. The fraction of sp³-hybridized carbons (Fsp3) is 0.450. The summed E-state index contributed by atoms with van der Waals surface area (Å²) in [6, 6.07) is 6.85. The van der Waals surface area contributed by atoms with Crippen molar-refractivity contribution < 1.29 is 9.59 Å². The summed E-state index contributed by atoms with van der Waals surface area (Å²) in [7, 11) is 0. The van der Waals surface area contributed by atoms with Crippen LogP contribution in [0.1, 0.15) is 51.6 Å². The lowest BCUT2D eigenvalue weighted by molar-refractivity contribution is 0.0761. The molecule has 2 heterocycles. The predicted octanol–water partition coefficient (Wildman–Crippen LogP) is 4.10. The quantitative estimate of drug-likeness (QED) is 0.831. The number of hydrogen-bond acceptors (Lipinski definition) is 4. The minimum Gasteiger partial charge on any atom is -0.339 e. The van der Waals surface area contributed by atoms with Gasteiger partial charge in [-0.15, -0.1) is 11.3 Å². The van der Waals surface area contributed by atoms with E-state index in [0.29, 0.717) is 17.8 Å². The highest BCUT2D eigenvalue weighted by atomic mass is 32.1. The Kier molecular flexibility index (Phi) is 6.45. The van der Waals surface area contributed by atoms with Crippen molar-refractivity contribution in [2.75, 3.05) is 18.4 Å². The van der Waals surface area contributed by atoms with Crippen molar-refractivity contribution in [1.29, 1.82) is 0 Å². The number of thiazole rings is 1. The van der Waals surface area contributed by atoms with Gasteiger partial charge in [-0.05, 0) is 44.9 Å². The van der Waals surface area contributed by atoms with Gasteiger partial charge in [0.15, 0.2) is 0 Å². The zero-order valence-electron chi connectivity index (χ0n) is 15.9. The average Bonchev–Trinajstić information content (AvgIpc) is 2.84. The summed E-state index contributed by atoms with van der Waals surface area (Å²) in [6.07, 6.45) is 4.49. The Balaban J connectivity index is 1.58. The summed E-state index contributed by atoms with van der Waals surface area (Å²) in [6.45, 7) is 5.95. The van der Waals surface area contributed by atoms with Crippen molar-refractivity contribution in [1.82, 2.24) is 15.2 Å². The molecule has 1 aliphatic heterocycles. The molecule has 7 heteroatoms. The van der Waals surface area contributed by atoms with E-state index in [1.807, 2.05) is 18.7 Å². The lowest BCUT2D eigenvalue weighted by atomic mass is 10.1. The lowest BCUT2D eigenvalue weighted by Crippen LogP contribution is -2.32. The molecule has 1 aliphatic rings. The molecule has 144 valence electrons. The van der Waals surface area contributed by atoms with Crippen LogP contribution in [0.4, 0.5) is 10.5 Å². The van der Waals surface area contributed by atoms with Gasteiger partial charge in [0.25, 0.3) is 5.91 Å². The number of aryl methyl sites for hydroxylation is 2. The molecule has 0 saturated carbocycles. The van der Waals surface area contributed by atoms with Gasteiger partial charge in [-0.2, -0.15) is 0 Å². The van der Waals surface area contributed by atoms with Crippen molar-refractivity contribution in [3.8, 4) is 0 Å². The summed E-state index contributed by atoms with van der Waals surface area (Å²) in [5.41, 5.74) is 2.18. The number of anilines is 1. The van der Waals surface area contributed by atoms with E-state index in [0.717, 1.165) is 41.5 Å². The smallest absolute Gasteiger partial charge is 0.319 e. The molecule has 0 atom stereocenters. The van der Waals surface area contributed by atoms with Gasteiger partial charge in [0.1, 0.15) is 0 Å². The van der Waals surface area contributed by atoms with Crippen LogP contribution >= 0.6 is 11.3 Å². The molecule has 3 rings (SSSR count). The molecular formula is C20H26N4O2S. The first-order valence-electron chi connectivity index (χ1n) is 9.40. The molecule has 0 aliphatic carbocycles. The van der Waals surface area contributed by atoms with Gasteiger partial charge in [-0.3, -0.25) is 4.79 Å². The molecule has 3 amide bonds. The Hall–Kier alpha value is -2.41. The second kappa shape index (κ2) is 8.99. The number of hydrogen-bond donors (Lipinski definition) is 2. The van der Waals surface area contributed by atoms with Crippen LogP contribution in [0.15, 0.2) is 24.3 Å². The standard InChI is InChI=1S/C20H26N4O2S/c1-14-18(27-15(2)22-14)13-21-20(26)23-17-9-7-8-16(12-17)19(25)24-10-5-3-4-6-11-24/h7-9,12H,3-6,10-11,13H2,1-2H3,(H2,21,23,26). The van der Waals surface area contributed by atoms with Gasteiger partial charge in [-0.1, -0.05) is 18.9 Å². The average molecular weight is 387 g/mol. The van der Waals surface area contributed by atoms with Crippen LogP contribution in [0.2, 0.25) is 0 Å². The van der Waals surface area contributed by atoms with Crippen molar-refractivity contribution in [3.63, 3.8) is 0 Å². The van der Waals surface area contributed by atoms with Gasteiger partial charge in [0, 0.05) is 29.2 Å².